The van der Waals surface area contributed by atoms with Gasteiger partial charge in [-0.05, 0) is 55.7 Å². The molecule has 1 saturated heterocycles. The van der Waals surface area contributed by atoms with Crippen molar-refractivity contribution in [3.05, 3.63) is 45.9 Å². The summed E-state index contributed by atoms with van der Waals surface area (Å²) in [5.74, 6) is 2.37. The SMILES string of the molecule is CC[N+]1(C[C@H](NC(=O)Nc2cc(OC)c(OC)c(OC)c2)C(C)C)CCC(Cc2ccc(Cl)c(Cl)c2)CC1. The first-order chi connectivity index (χ1) is 18.1. The number of carbonyl (C=O) groups is 1. The van der Waals surface area contributed by atoms with Gasteiger partial charge in [0.25, 0.3) is 0 Å². The number of amides is 2. The molecule has 0 aromatic heterocycles. The van der Waals surface area contributed by atoms with E-state index in [9.17, 15) is 4.79 Å². The van der Waals surface area contributed by atoms with Crippen LogP contribution in [0.1, 0.15) is 39.2 Å². The first-order valence-electron chi connectivity index (χ1n) is 13.3. The Labute approximate surface area is 237 Å². The van der Waals surface area contributed by atoms with Gasteiger partial charge in [0.15, 0.2) is 11.5 Å². The molecule has 0 radical (unpaired) electrons. The number of urea groups is 1. The van der Waals surface area contributed by atoms with E-state index in [0.717, 1.165) is 49.9 Å². The third-order valence-corrected chi connectivity index (χ3v) is 8.57. The molecule has 1 aliphatic heterocycles. The van der Waals surface area contributed by atoms with Crippen LogP contribution in [0.15, 0.2) is 30.3 Å². The molecular formula is C29H42Cl2N3O4+. The van der Waals surface area contributed by atoms with Gasteiger partial charge in [-0.2, -0.15) is 0 Å². The number of carbonyl (C=O) groups excluding carboxylic acids is 1. The molecular weight excluding hydrogens is 525 g/mol. The van der Waals surface area contributed by atoms with Crippen LogP contribution in [0.4, 0.5) is 10.5 Å². The van der Waals surface area contributed by atoms with Crippen molar-refractivity contribution in [3.63, 3.8) is 0 Å². The molecule has 1 aliphatic rings. The monoisotopic (exact) mass is 566 g/mol. The Morgan fingerprint density at radius 3 is 2.13 bits per heavy atom. The maximum absolute atomic E-state index is 13.1. The molecule has 2 amide bonds. The fourth-order valence-corrected chi connectivity index (χ4v) is 5.65. The van der Waals surface area contributed by atoms with E-state index in [1.165, 1.54) is 5.56 Å². The molecule has 0 aliphatic carbocycles. The smallest absolute Gasteiger partial charge is 0.319 e. The lowest BCUT2D eigenvalue weighted by Gasteiger charge is -2.45. The van der Waals surface area contributed by atoms with E-state index >= 15 is 0 Å². The highest BCUT2D eigenvalue weighted by molar-refractivity contribution is 6.42. The van der Waals surface area contributed by atoms with Crippen molar-refractivity contribution in [1.29, 1.82) is 0 Å². The molecule has 0 saturated carbocycles. The van der Waals surface area contributed by atoms with Crippen molar-refractivity contribution in [2.75, 3.05) is 52.8 Å². The number of hydrogen-bond acceptors (Lipinski definition) is 4. The number of benzene rings is 2. The predicted octanol–water partition coefficient (Wildman–Crippen LogP) is 6.65. The van der Waals surface area contributed by atoms with Crippen LogP contribution in [0, 0.1) is 11.8 Å². The zero-order valence-corrected chi connectivity index (χ0v) is 24.9. The van der Waals surface area contributed by atoms with Gasteiger partial charge in [0.2, 0.25) is 5.75 Å². The van der Waals surface area contributed by atoms with Gasteiger partial charge >= 0.3 is 6.03 Å². The molecule has 0 unspecified atom stereocenters. The van der Waals surface area contributed by atoms with Crippen molar-refractivity contribution >= 4 is 34.9 Å². The fraction of sp³-hybridized carbons (Fsp3) is 0.552. The van der Waals surface area contributed by atoms with E-state index in [-0.39, 0.29) is 18.0 Å². The van der Waals surface area contributed by atoms with Gasteiger partial charge in [0.05, 0.1) is 69.3 Å². The largest absolute Gasteiger partial charge is 0.493 e. The van der Waals surface area contributed by atoms with E-state index in [1.54, 1.807) is 33.5 Å². The Balaban J connectivity index is 1.63. The zero-order chi connectivity index (χ0) is 27.9. The van der Waals surface area contributed by atoms with E-state index < -0.39 is 0 Å². The number of methoxy groups -OCH3 is 3. The molecule has 2 aromatic rings. The summed E-state index contributed by atoms with van der Waals surface area (Å²) in [4.78, 5) is 13.1. The molecule has 9 heteroatoms. The number of hydrogen-bond donors (Lipinski definition) is 2. The maximum Gasteiger partial charge on any atom is 0.319 e. The number of halogens is 2. The number of likely N-dealkylation sites (tertiary alicyclic amines) is 1. The molecule has 2 aromatic carbocycles. The van der Waals surface area contributed by atoms with Crippen LogP contribution < -0.4 is 24.8 Å². The second-order valence-electron chi connectivity index (χ2n) is 10.5. The van der Waals surface area contributed by atoms with Gasteiger partial charge in [-0.15, -0.1) is 0 Å². The van der Waals surface area contributed by atoms with Crippen LogP contribution in [-0.4, -0.2) is 64.1 Å². The Morgan fingerprint density at radius 1 is 1.00 bits per heavy atom. The molecule has 0 bridgehead atoms. The lowest BCUT2D eigenvalue weighted by atomic mass is 9.88. The first-order valence-corrected chi connectivity index (χ1v) is 14.1. The summed E-state index contributed by atoms with van der Waals surface area (Å²) >= 11 is 12.3. The van der Waals surface area contributed by atoms with E-state index in [1.807, 2.05) is 12.1 Å². The highest BCUT2D eigenvalue weighted by atomic mass is 35.5. The van der Waals surface area contributed by atoms with Gasteiger partial charge in [-0.25, -0.2) is 4.79 Å². The molecule has 210 valence electrons. The van der Waals surface area contributed by atoms with Gasteiger partial charge < -0.3 is 29.3 Å². The van der Waals surface area contributed by atoms with Crippen LogP contribution >= 0.6 is 23.2 Å². The molecule has 0 spiro atoms. The number of anilines is 1. The minimum absolute atomic E-state index is 0.0311. The van der Waals surface area contributed by atoms with Crippen LogP contribution in [0.3, 0.4) is 0 Å². The molecule has 7 nitrogen and oxygen atoms in total. The van der Waals surface area contributed by atoms with Crippen LogP contribution in [0.2, 0.25) is 10.0 Å². The summed E-state index contributed by atoms with van der Waals surface area (Å²) in [6.07, 6.45) is 3.32. The summed E-state index contributed by atoms with van der Waals surface area (Å²) in [5, 5.41) is 7.40. The minimum atomic E-state index is -0.248. The van der Waals surface area contributed by atoms with Gasteiger partial charge in [0.1, 0.15) is 0 Å². The molecule has 2 N–H and O–H groups in total. The summed E-state index contributed by atoms with van der Waals surface area (Å²) in [5.41, 5.74) is 1.81. The highest BCUT2D eigenvalue weighted by Gasteiger charge is 2.36. The maximum atomic E-state index is 13.1. The zero-order valence-electron chi connectivity index (χ0n) is 23.4. The molecule has 3 rings (SSSR count). The second kappa shape index (κ2) is 13.6. The summed E-state index contributed by atoms with van der Waals surface area (Å²) in [6, 6.07) is 9.19. The van der Waals surface area contributed by atoms with E-state index in [0.29, 0.717) is 38.9 Å². The molecule has 1 heterocycles. The first kappa shape index (κ1) is 30.2. The normalized spacial score (nSPS) is 20.1. The number of nitrogens with one attached hydrogen (secondary N) is 2. The lowest BCUT2D eigenvalue weighted by Crippen LogP contribution is -2.60. The summed E-state index contributed by atoms with van der Waals surface area (Å²) in [7, 11) is 4.66. The number of nitrogens with zero attached hydrogens (tertiary/aromatic N) is 1. The van der Waals surface area contributed by atoms with Crippen LogP contribution in [-0.2, 0) is 6.42 Å². The van der Waals surface area contributed by atoms with Crippen LogP contribution in [0.25, 0.3) is 0 Å². The highest BCUT2D eigenvalue weighted by Crippen LogP contribution is 2.40. The van der Waals surface area contributed by atoms with Crippen molar-refractivity contribution < 1.29 is 23.5 Å². The predicted molar refractivity (Wildman–Crippen MR) is 155 cm³/mol. The quantitative estimate of drug-likeness (QED) is 0.298. The topological polar surface area (TPSA) is 68.8 Å². The van der Waals surface area contributed by atoms with Crippen molar-refractivity contribution in [2.45, 2.75) is 46.1 Å². The van der Waals surface area contributed by atoms with Gasteiger partial charge in [-0.1, -0.05) is 43.1 Å². The summed E-state index contributed by atoms with van der Waals surface area (Å²) in [6.45, 7) is 10.7. The fourth-order valence-electron chi connectivity index (χ4n) is 5.33. The number of ether oxygens (including phenoxy) is 3. The molecule has 38 heavy (non-hydrogen) atoms. The van der Waals surface area contributed by atoms with Crippen LogP contribution in [0.5, 0.6) is 17.2 Å². The Morgan fingerprint density at radius 2 is 1.63 bits per heavy atom. The number of likely N-dealkylation sites (N-methyl/N-ethyl adjacent to an activating group) is 1. The number of rotatable bonds is 11. The third-order valence-electron chi connectivity index (χ3n) is 7.83. The average Bonchev–Trinajstić information content (AvgIpc) is 2.90. The second-order valence-corrected chi connectivity index (χ2v) is 11.4. The molecule has 1 fully saturated rings. The average molecular weight is 568 g/mol. The Bertz CT molecular complexity index is 1060. The number of piperidine rings is 1. The molecule has 1 atom stereocenters. The standard InChI is InChI=1S/C29H41Cl2N3O4/c1-7-34(12-10-20(11-13-34)14-21-8-9-23(30)24(31)15-21)18-25(19(2)3)33-29(35)32-22-16-26(36-4)28(38-6)27(17-22)37-5/h8-9,15-17,19-20,25H,7,10-14,18H2,1-6H3,(H-,32,33,35)/p+1/t20?,25-,34?/m0/s1. The lowest BCUT2D eigenvalue weighted by molar-refractivity contribution is -0.933. The van der Waals surface area contributed by atoms with Crippen molar-refractivity contribution in [1.82, 2.24) is 5.32 Å². The van der Waals surface area contributed by atoms with Crippen molar-refractivity contribution in [2.24, 2.45) is 11.8 Å². The Hall–Kier alpha value is -2.35. The van der Waals surface area contributed by atoms with E-state index in [4.69, 9.17) is 37.4 Å². The van der Waals surface area contributed by atoms with Gasteiger partial charge in [0, 0.05) is 12.1 Å². The van der Waals surface area contributed by atoms with Gasteiger partial charge in [-0.3, -0.25) is 0 Å². The summed E-state index contributed by atoms with van der Waals surface area (Å²) < 4.78 is 17.2. The van der Waals surface area contributed by atoms with Crippen molar-refractivity contribution in [3.8, 4) is 17.2 Å². The number of quaternary nitrogens is 1. The Kier molecular flexibility index (Phi) is 10.8. The van der Waals surface area contributed by atoms with E-state index in [2.05, 4.69) is 37.5 Å². The minimum Gasteiger partial charge on any atom is -0.493 e. The third kappa shape index (κ3) is 7.61.